The maximum Gasteiger partial charge on any atom is 0.319 e. The summed E-state index contributed by atoms with van der Waals surface area (Å²) in [5.41, 5.74) is 6.73. The first kappa shape index (κ1) is 15.4. The molecule has 3 amide bonds. The third-order valence-corrected chi connectivity index (χ3v) is 3.76. The van der Waals surface area contributed by atoms with E-state index in [0.717, 1.165) is 13.1 Å². The molecule has 2 rings (SSSR count). The Balaban J connectivity index is 1.75. The maximum atomic E-state index is 11.8. The van der Waals surface area contributed by atoms with Gasteiger partial charge >= 0.3 is 6.03 Å². The number of carbonyl (C=O) groups excluding carboxylic acids is 2. The first-order valence-corrected chi connectivity index (χ1v) is 7.20. The minimum atomic E-state index is -0.100. The average molecular weight is 311 g/mol. The number of amides is 3. The van der Waals surface area contributed by atoms with Crippen LogP contribution >= 0.6 is 11.6 Å². The molecule has 3 N–H and O–H groups in total. The molecule has 1 aliphatic rings. The SMILES string of the molecule is CN1CCN(CCCC(=O)Nc2ccc(Cl)c(N)c2)C1=O. The predicted octanol–water partition coefficient (Wildman–Crippen LogP) is 2.01. The first-order chi connectivity index (χ1) is 9.97. The Morgan fingerprint density at radius 2 is 2.19 bits per heavy atom. The molecular formula is C14H19ClN4O2. The van der Waals surface area contributed by atoms with Crippen molar-refractivity contribution in [2.24, 2.45) is 0 Å². The molecule has 0 atom stereocenters. The number of nitrogens with two attached hydrogens (primary N) is 1. The molecule has 0 unspecified atom stereocenters. The van der Waals surface area contributed by atoms with E-state index in [0.29, 0.717) is 35.8 Å². The second kappa shape index (κ2) is 6.67. The Hall–Kier alpha value is -1.95. The standard InChI is InChI=1S/C14H19ClN4O2/c1-18-7-8-19(14(18)21)6-2-3-13(20)17-10-4-5-11(15)12(16)9-10/h4-5,9H,2-3,6-8,16H2,1H3,(H,17,20). The van der Waals surface area contributed by atoms with Crippen molar-refractivity contribution in [3.8, 4) is 0 Å². The number of benzene rings is 1. The zero-order valence-electron chi connectivity index (χ0n) is 11.9. The minimum absolute atomic E-state index is 0.0286. The van der Waals surface area contributed by atoms with E-state index in [1.165, 1.54) is 0 Å². The van der Waals surface area contributed by atoms with Gasteiger partial charge in [0.05, 0.1) is 10.7 Å². The Kier molecular flexibility index (Phi) is 4.90. The summed E-state index contributed by atoms with van der Waals surface area (Å²) >= 11 is 5.82. The molecule has 1 aromatic carbocycles. The van der Waals surface area contributed by atoms with Crippen molar-refractivity contribution in [3.63, 3.8) is 0 Å². The van der Waals surface area contributed by atoms with Gasteiger partial charge in [0.1, 0.15) is 0 Å². The normalized spacial score (nSPS) is 14.7. The summed E-state index contributed by atoms with van der Waals surface area (Å²) in [7, 11) is 1.78. The fourth-order valence-electron chi connectivity index (χ4n) is 2.19. The van der Waals surface area contributed by atoms with E-state index in [4.69, 9.17) is 17.3 Å². The van der Waals surface area contributed by atoms with Crippen LogP contribution in [0.25, 0.3) is 0 Å². The van der Waals surface area contributed by atoms with Crippen LogP contribution in [0, 0.1) is 0 Å². The highest BCUT2D eigenvalue weighted by atomic mass is 35.5. The summed E-state index contributed by atoms with van der Waals surface area (Å²) in [6, 6.07) is 5.00. The monoisotopic (exact) mass is 310 g/mol. The zero-order chi connectivity index (χ0) is 15.4. The number of nitrogens with zero attached hydrogens (tertiary/aromatic N) is 2. The highest BCUT2D eigenvalue weighted by molar-refractivity contribution is 6.33. The van der Waals surface area contributed by atoms with E-state index < -0.39 is 0 Å². The minimum Gasteiger partial charge on any atom is -0.397 e. The van der Waals surface area contributed by atoms with E-state index in [2.05, 4.69) is 5.32 Å². The molecule has 1 saturated heterocycles. The molecule has 1 heterocycles. The molecule has 0 saturated carbocycles. The van der Waals surface area contributed by atoms with Gasteiger partial charge in [-0.2, -0.15) is 0 Å². The Bertz CT molecular complexity index is 550. The third kappa shape index (κ3) is 4.01. The lowest BCUT2D eigenvalue weighted by Crippen LogP contribution is -2.30. The summed E-state index contributed by atoms with van der Waals surface area (Å²) < 4.78 is 0. The molecule has 1 fully saturated rings. The predicted molar refractivity (Wildman–Crippen MR) is 83.3 cm³/mol. The largest absolute Gasteiger partial charge is 0.397 e. The maximum absolute atomic E-state index is 11.8. The number of rotatable bonds is 5. The van der Waals surface area contributed by atoms with Crippen molar-refractivity contribution in [2.45, 2.75) is 12.8 Å². The van der Waals surface area contributed by atoms with Crippen LogP contribution < -0.4 is 11.1 Å². The van der Waals surface area contributed by atoms with Crippen molar-refractivity contribution in [3.05, 3.63) is 23.2 Å². The van der Waals surface area contributed by atoms with Crippen molar-refractivity contribution in [1.82, 2.24) is 9.80 Å². The Labute approximate surface area is 128 Å². The lowest BCUT2D eigenvalue weighted by molar-refractivity contribution is -0.116. The van der Waals surface area contributed by atoms with Crippen molar-refractivity contribution in [2.75, 3.05) is 37.7 Å². The van der Waals surface area contributed by atoms with Gasteiger partial charge in [-0.3, -0.25) is 4.79 Å². The van der Waals surface area contributed by atoms with Crippen LogP contribution in [0.2, 0.25) is 5.02 Å². The molecule has 21 heavy (non-hydrogen) atoms. The van der Waals surface area contributed by atoms with Crippen LogP contribution in [0.4, 0.5) is 16.2 Å². The van der Waals surface area contributed by atoms with E-state index in [1.54, 1.807) is 35.0 Å². The molecule has 114 valence electrons. The lowest BCUT2D eigenvalue weighted by atomic mass is 10.2. The van der Waals surface area contributed by atoms with Crippen LogP contribution in [0.1, 0.15) is 12.8 Å². The number of urea groups is 1. The van der Waals surface area contributed by atoms with Gasteiger partial charge in [-0.25, -0.2) is 4.79 Å². The number of hydrogen-bond donors (Lipinski definition) is 2. The molecule has 7 heteroatoms. The molecule has 1 aromatic rings. The van der Waals surface area contributed by atoms with Crippen molar-refractivity contribution < 1.29 is 9.59 Å². The van der Waals surface area contributed by atoms with Gasteiger partial charge < -0.3 is 20.9 Å². The van der Waals surface area contributed by atoms with Crippen molar-refractivity contribution in [1.29, 1.82) is 0 Å². The number of halogens is 1. The topological polar surface area (TPSA) is 78.7 Å². The molecule has 0 aromatic heterocycles. The van der Waals surface area contributed by atoms with E-state index >= 15 is 0 Å². The Morgan fingerprint density at radius 3 is 2.81 bits per heavy atom. The Morgan fingerprint density at radius 1 is 1.43 bits per heavy atom. The highest BCUT2D eigenvalue weighted by Crippen LogP contribution is 2.22. The molecule has 0 bridgehead atoms. The van der Waals surface area contributed by atoms with Crippen LogP contribution in [-0.4, -0.2) is 48.4 Å². The summed E-state index contributed by atoms with van der Waals surface area (Å²) in [5.74, 6) is -0.100. The number of nitrogen functional groups attached to an aromatic ring is 1. The fraction of sp³-hybridized carbons (Fsp3) is 0.429. The van der Waals surface area contributed by atoms with Gasteiger partial charge in [0.2, 0.25) is 5.91 Å². The average Bonchev–Trinajstić information content (AvgIpc) is 2.75. The summed E-state index contributed by atoms with van der Waals surface area (Å²) in [6.45, 7) is 2.07. The van der Waals surface area contributed by atoms with Gasteiger partial charge in [0.25, 0.3) is 0 Å². The summed E-state index contributed by atoms with van der Waals surface area (Å²) in [6.07, 6.45) is 0.991. The molecule has 1 aliphatic heterocycles. The van der Waals surface area contributed by atoms with Gasteiger partial charge in [-0.05, 0) is 24.6 Å². The smallest absolute Gasteiger partial charge is 0.319 e. The molecular weight excluding hydrogens is 292 g/mol. The van der Waals surface area contributed by atoms with Crippen LogP contribution in [0.5, 0.6) is 0 Å². The van der Waals surface area contributed by atoms with Crippen molar-refractivity contribution >= 4 is 34.9 Å². The lowest BCUT2D eigenvalue weighted by Gasteiger charge is -2.15. The fourth-order valence-corrected chi connectivity index (χ4v) is 2.30. The number of carbonyl (C=O) groups is 2. The zero-order valence-corrected chi connectivity index (χ0v) is 12.7. The molecule has 0 spiro atoms. The van der Waals surface area contributed by atoms with Gasteiger partial charge in [0, 0.05) is 38.8 Å². The van der Waals surface area contributed by atoms with Crippen LogP contribution in [-0.2, 0) is 4.79 Å². The van der Waals surface area contributed by atoms with E-state index in [-0.39, 0.29) is 11.9 Å². The van der Waals surface area contributed by atoms with Crippen LogP contribution in [0.3, 0.4) is 0 Å². The molecule has 0 radical (unpaired) electrons. The number of anilines is 2. The highest BCUT2D eigenvalue weighted by Gasteiger charge is 2.24. The first-order valence-electron chi connectivity index (χ1n) is 6.82. The summed E-state index contributed by atoms with van der Waals surface area (Å²) in [4.78, 5) is 26.9. The summed E-state index contributed by atoms with van der Waals surface area (Å²) in [5, 5.41) is 3.23. The van der Waals surface area contributed by atoms with Gasteiger partial charge in [0.15, 0.2) is 0 Å². The number of nitrogens with one attached hydrogen (secondary N) is 1. The third-order valence-electron chi connectivity index (χ3n) is 3.41. The van der Waals surface area contributed by atoms with Gasteiger partial charge in [-0.15, -0.1) is 0 Å². The number of likely N-dealkylation sites (N-methyl/N-ethyl adjacent to an activating group) is 1. The second-order valence-electron chi connectivity index (χ2n) is 5.08. The number of hydrogen-bond acceptors (Lipinski definition) is 3. The van der Waals surface area contributed by atoms with Crippen LogP contribution in [0.15, 0.2) is 18.2 Å². The van der Waals surface area contributed by atoms with E-state index in [1.807, 2.05) is 0 Å². The van der Waals surface area contributed by atoms with E-state index in [9.17, 15) is 9.59 Å². The second-order valence-corrected chi connectivity index (χ2v) is 5.49. The van der Waals surface area contributed by atoms with Gasteiger partial charge in [-0.1, -0.05) is 11.6 Å². The quantitative estimate of drug-likeness (QED) is 0.817. The molecule has 6 nitrogen and oxygen atoms in total. The molecule has 0 aliphatic carbocycles.